The van der Waals surface area contributed by atoms with Crippen LogP contribution in [0.1, 0.15) is 5.56 Å². The third-order valence-corrected chi connectivity index (χ3v) is 1.86. The van der Waals surface area contributed by atoms with E-state index < -0.39 is 0 Å². The quantitative estimate of drug-likeness (QED) is 0.280. The van der Waals surface area contributed by atoms with Gasteiger partial charge in [0.2, 0.25) is 5.91 Å². The first-order valence-electron chi connectivity index (χ1n) is 3.67. The van der Waals surface area contributed by atoms with Crippen LogP contribution in [0, 0.1) is 0 Å². The molecule has 0 radical (unpaired) electrons. The minimum Gasteiger partial charge on any atom is -0.398 e. The summed E-state index contributed by atoms with van der Waals surface area (Å²) in [6.07, 6.45) is 0.166. The van der Waals surface area contributed by atoms with Gasteiger partial charge in [-0.1, -0.05) is 17.7 Å². The molecule has 4 nitrogen and oxygen atoms in total. The van der Waals surface area contributed by atoms with Crippen molar-refractivity contribution < 1.29 is 4.79 Å². The number of nitrogen functional groups attached to an aromatic ring is 1. The maximum Gasteiger partial charge on any atom is 0.238 e. The summed E-state index contributed by atoms with van der Waals surface area (Å²) in [5.74, 6) is 4.65. The molecule has 0 atom stereocenters. The van der Waals surface area contributed by atoms with Crippen LogP contribution in [0.5, 0.6) is 0 Å². The molecule has 0 spiro atoms. The Balaban J connectivity index is 2.83. The molecule has 0 saturated carbocycles. The number of amides is 1. The van der Waals surface area contributed by atoms with Crippen LogP contribution in [-0.4, -0.2) is 5.91 Å². The predicted octanol–water partition coefficient (Wildman–Crippen LogP) is 0.455. The minimum atomic E-state index is -0.283. The summed E-state index contributed by atoms with van der Waals surface area (Å²) >= 11 is 5.68. The summed E-state index contributed by atoms with van der Waals surface area (Å²) in [7, 11) is 0. The molecule has 0 unspecified atom stereocenters. The van der Waals surface area contributed by atoms with Crippen LogP contribution >= 0.6 is 11.6 Å². The molecule has 1 aromatic carbocycles. The topological polar surface area (TPSA) is 81.1 Å². The fourth-order valence-corrected chi connectivity index (χ4v) is 1.13. The van der Waals surface area contributed by atoms with Gasteiger partial charge in [-0.2, -0.15) is 0 Å². The molecular weight excluding hydrogens is 190 g/mol. The fraction of sp³-hybridized carbons (Fsp3) is 0.125. The third-order valence-electron chi connectivity index (χ3n) is 1.62. The monoisotopic (exact) mass is 199 g/mol. The van der Waals surface area contributed by atoms with Gasteiger partial charge in [-0.15, -0.1) is 0 Å². The lowest BCUT2D eigenvalue weighted by atomic mass is 10.1. The SMILES string of the molecule is NNC(=O)Cc1ccc(Cl)cc1N. The number of nitrogens with two attached hydrogens (primary N) is 2. The van der Waals surface area contributed by atoms with Crippen molar-refractivity contribution >= 4 is 23.2 Å². The fourth-order valence-electron chi connectivity index (χ4n) is 0.951. The van der Waals surface area contributed by atoms with E-state index in [1.165, 1.54) is 0 Å². The summed E-state index contributed by atoms with van der Waals surface area (Å²) in [4.78, 5) is 10.9. The molecule has 70 valence electrons. The Morgan fingerprint density at radius 3 is 2.77 bits per heavy atom. The third kappa shape index (κ3) is 2.61. The molecule has 0 bridgehead atoms. The van der Waals surface area contributed by atoms with Gasteiger partial charge < -0.3 is 5.73 Å². The number of carbonyl (C=O) groups excluding carboxylic acids is 1. The Hall–Kier alpha value is -1.26. The lowest BCUT2D eigenvalue weighted by molar-refractivity contribution is -0.120. The van der Waals surface area contributed by atoms with E-state index in [0.29, 0.717) is 16.3 Å². The lowest BCUT2D eigenvalue weighted by Crippen LogP contribution is -2.31. The molecular formula is C8H10ClN3O. The number of rotatable bonds is 2. The van der Waals surface area contributed by atoms with Crippen molar-refractivity contribution in [3.63, 3.8) is 0 Å². The highest BCUT2D eigenvalue weighted by Gasteiger charge is 2.04. The summed E-state index contributed by atoms with van der Waals surface area (Å²) in [5.41, 5.74) is 8.86. The molecule has 0 aliphatic heterocycles. The number of benzene rings is 1. The second kappa shape index (κ2) is 4.11. The number of carbonyl (C=O) groups is 1. The Morgan fingerprint density at radius 1 is 1.54 bits per heavy atom. The van der Waals surface area contributed by atoms with E-state index in [1.54, 1.807) is 18.2 Å². The van der Waals surface area contributed by atoms with Crippen LogP contribution in [0.3, 0.4) is 0 Å². The van der Waals surface area contributed by atoms with E-state index in [-0.39, 0.29) is 12.3 Å². The molecule has 0 saturated heterocycles. The number of nitrogens with one attached hydrogen (secondary N) is 1. The highest BCUT2D eigenvalue weighted by molar-refractivity contribution is 6.30. The highest BCUT2D eigenvalue weighted by atomic mass is 35.5. The molecule has 0 aliphatic carbocycles. The Labute approximate surface area is 80.8 Å². The van der Waals surface area contributed by atoms with Crippen LogP contribution in [0.2, 0.25) is 5.02 Å². The Kier molecular flexibility index (Phi) is 3.11. The highest BCUT2D eigenvalue weighted by Crippen LogP contribution is 2.18. The second-order valence-electron chi connectivity index (χ2n) is 2.59. The van der Waals surface area contributed by atoms with Crippen LogP contribution < -0.4 is 17.0 Å². The maximum atomic E-state index is 10.9. The van der Waals surface area contributed by atoms with E-state index in [1.807, 2.05) is 5.43 Å². The van der Waals surface area contributed by atoms with Gasteiger partial charge in [-0.05, 0) is 17.7 Å². The number of hydrogen-bond donors (Lipinski definition) is 3. The maximum absolute atomic E-state index is 10.9. The molecule has 1 aromatic rings. The summed E-state index contributed by atoms with van der Waals surface area (Å²) in [6, 6.07) is 4.98. The molecule has 0 aromatic heterocycles. The average Bonchev–Trinajstić information content (AvgIpc) is 2.09. The number of anilines is 1. The first-order valence-corrected chi connectivity index (χ1v) is 4.04. The van der Waals surface area contributed by atoms with Crippen LogP contribution in [0.15, 0.2) is 18.2 Å². The van der Waals surface area contributed by atoms with Gasteiger partial charge in [0.05, 0.1) is 6.42 Å². The van der Waals surface area contributed by atoms with Crippen molar-refractivity contribution in [2.24, 2.45) is 5.84 Å². The molecule has 0 fully saturated rings. The van der Waals surface area contributed by atoms with E-state index >= 15 is 0 Å². The Bertz CT molecular complexity index is 327. The molecule has 1 amide bonds. The zero-order chi connectivity index (χ0) is 9.84. The van der Waals surface area contributed by atoms with Gasteiger partial charge in [-0.3, -0.25) is 10.2 Å². The van der Waals surface area contributed by atoms with Gasteiger partial charge in [0.1, 0.15) is 0 Å². The van der Waals surface area contributed by atoms with E-state index in [9.17, 15) is 4.79 Å². The molecule has 0 heterocycles. The van der Waals surface area contributed by atoms with Crippen molar-refractivity contribution in [3.8, 4) is 0 Å². The molecule has 1 rings (SSSR count). The van der Waals surface area contributed by atoms with Crippen molar-refractivity contribution in [2.75, 3.05) is 5.73 Å². The van der Waals surface area contributed by atoms with Gasteiger partial charge in [0.25, 0.3) is 0 Å². The van der Waals surface area contributed by atoms with Gasteiger partial charge in [0, 0.05) is 10.7 Å². The van der Waals surface area contributed by atoms with E-state index in [0.717, 1.165) is 0 Å². The van der Waals surface area contributed by atoms with Crippen LogP contribution in [0.4, 0.5) is 5.69 Å². The van der Waals surface area contributed by atoms with Gasteiger partial charge in [0.15, 0.2) is 0 Å². The van der Waals surface area contributed by atoms with Crippen LogP contribution in [-0.2, 0) is 11.2 Å². The molecule has 5 N–H and O–H groups in total. The standard InChI is InChI=1S/C8H10ClN3O/c9-6-2-1-5(7(10)4-6)3-8(13)12-11/h1-2,4H,3,10-11H2,(H,12,13). The summed E-state index contributed by atoms with van der Waals surface area (Å²) in [5, 5.41) is 0.550. The van der Waals surface area contributed by atoms with Crippen molar-refractivity contribution in [3.05, 3.63) is 28.8 Å². The normalized spacial score (nSPS) is 9.69. The van der Waals surface area contributed by atoms with E-state index in [2.05, 4.69) is 0 Å². The summed E-state index contributed by atoms with van der Waals surface area (Å²) < 4.78 is 0. The van der Waals surface area contributed by atoms with Crippen molar-refractivity contribution in [2.45, 2.75) is 6.42 Å². The van der Waals surface area contributed by atoms with Crippen molar-refractivity contribution in [1.29, 1.82) is 0 Å². The van der Waals surface area contributed by atoms with Crippen LogP contribution in [0.25, 0.3) is 0 Å². The largest absolute Gasteiger partial charge is 0.398 e. The zero-order valence-electron chi connectivity index (χ0n) is 6.88. The van der Waals surface area contributed by atoms with Crippen molar-refractivity contribution in [1.82, 2.24) is 5.43 Å². The zero-order valence-corrected chi connectivity index (χ0v) is 7.64. The first-order chi connectivity index (χ1) is 6.13. The second-order valence-corrected chi connectivity index (χ2v) is 3.02. The predicted molar refractivity (Wildman–Crippen MR) is 51.9 cm³/mol. The first kappa shape index (κ1) is 9.83. The van der Waals surface area contributed by atoms with Gasteiger partial charge in [-0.25, -0.2) is 5.84 Å². The molecule has 0 aliphatic rings. The average molecular weight is 200 g/mol. The number of hydrazine groups is 1. The number of halogens is 1. The summed E-state index contributed by atoms with van der Waals surface area (Å²) in [6.45, 7) is 0. The van der Waals surface area contributed by atoms with E-state index in [4.69, 9.17) is 23.2 Å². The lowest BCUT2D eigenvalue weighted by Gasteiger charge is -2.04. The smallest absolute Gasteiger partial charge is 0.238 e. The van der Waals surface area contributed by atoms with Gasteiger partial charge >= 0.3 is 0 Å². The Morgan fingerprint density at radius 2 is 2.23 bits per heavy atom. The number of hydrogen-bond acceptors (Lipinski definition) is 3. The molecule has 5 heteroatoms. The molecule has 13 heavy (non-hydrogen) atoms. The minimum absolute atomic E-state index is 0.166.